The molecule has 19 heteroatoms. The summed E-state index contributed by atoms with van der Waals surface area (Å²) >= 11 is 0. The SMILES string of the molecule is CCCCCC/C=C\C=C/CCCCCCCC(=O)OC[C@H](COP(=O)(O)OC[C@@H](O)COP(=O)(O)OC[C@@H](COC(=O)CCCCCCCCCCCCC)OC(=O)CCCCCCCCCCCCCCCC)OC(=O)CCCCCCC/C=C\C=C/CCCCCC. The van der Waals surface area contributed by atoms with Crippen molar-refractivity contribution in [1.29, 1.82) is 0 Å². The van der Waals surface area contributed by atoms with Gasteiger partial charge in [-0.15, -0.1) is 0 Å². The first-order valence-electron chi connectivity index (χ1n) is 38.4. The highest BCUT2D eigenvalue weighted by atomic mass is 31.2. The van der Waals surface area contributed by atoms with Crippen molar-refractivity contribution in [1.82, 2.24) is 0 Å². The molecule has 0 aliphatic rings. The van der Waals surface area contributed by atoms with Gasteiger partial charge in [0.05, 0.1) is 26.4 Å². The Balaban J connectivity index is 5.33. The van der Waals surface area contributed by atoms with Gasteiger partial charge in [-0.2, -0.15) is 0 Å². The number of rotatable bonds is 73. The van der Waals surface area contributed by atoms with Crippen LogP contribution in [0.4, 0.5) is 0 Å². The van der Waals surface area contributed by atoms with Crippen molar-refractivity contribution in [2.24, 2.45) is 0 Å². The maximum Gasteiger partial charge on any atom is 0.472 e. The molecule has 0 aromatic carbocycles. The summed E-state index contributed by atoms with van der Waals surface area (Å²) in [5, 5.41) is 10.6. The number of allylic oxidation sites excluding steroid dienone is 8. The van der Waals surface area contributed by atoms with E-state index >= 15 is 0 Å². The second-order valence-electron chi connectivity index (χ2n) is 26.0. The summed E-state index contributed by atoms with van der Waals surface area (Å²) in [5.41, 5.74) is 0. The lowest BCUT2D eigenvalue weighted by Gasteiger charge is -2.21. The van der Waals surface area contributed by atoms with Gasteiger partial charge in [-0.05, 0) is 77.0 Å². The third-order valence-electron chi connectivity index (χ3n) is 16.6. The smallest absolute Gasteiger partial charge is 0.462 e. The van der Waals surface area contributed by atoms with Gasteiger partial charge in [0, 0.05) is 25.7 Å². The van der Waals surface area contributed by atoms with Crippen LogP contribution in [0.15, 0.2) is 48.6 Å². The van der Waals surface area contributed by atoms with Crippen molar-refractivity contribution >= 4 is 39.5 Å². The topological polar surface area (TPSA) is 237 Å². The molecule has 0 aromatic rings. The van der Waals surface area contributed by atoms with Crippen molar-refractivity contribution in [3.8, 4) is 0 Å². The first kappa shape index (κ1) is 92.0. The number of aliphatic hydroxyl groups is 1. The molecule has 95 heavy (non-hydrogen) atoms. The van der Waals surface area contributed by atoms with E-state index in [1.807, 2.05) is 0 Å². The van der Waals surface area contributed by atoms with E-state index in [4.69, 9.17) is 37.0 Å². The molecule has 0 spiro atoms. The summed E-state index contributed by atoms with van der Waals surface area (Å²) in [6, 6.07) is 0. The Kier molecular flexibility index (Phi) is 67.3. The van der Waals surface area contributed by atoms with Crippen LogP contribution in [0.1, 0.15) is 355 Å². The molecule has 17 nitrogen and oxygen atoms in total. The predicted molar refractivity (Wildman–Crippen MR) is 386 cm³/mol. The highest BCUT2D eigenvalue weighted by Gasteiger charge is 2.30. The van der Waals surface area contributed by atoms with Crippen molar-refractivity contribution in [3.05, 3.63) is 48.6 Å². The first-order chi connectivity index (χ1) is 46.2. The lowest BCUT2D eigenvalue weighted by molar-refractivity contribution is -0.161. The van der Waals surface area contributed by atoms with Crippen LogP contribution in [-0.2, 0) is 65.4 Å². The molecule has 3 N–H and O–H groups in total. The van der Waals surface area contributed by atoms with Gasteiger partial charge in [0.15, 0.2) is 12.2 Å². The first-order valence-corrected chi connectivity index (χ1v) is 41.4. The second-order valence-corrected chi connectivity index (χ2v) is 28.9. The number of aliphatic hydroxyl groups excluding tert-OH is 1. The van der Waals surface area contributed by atoms with E-state index in [-0.39, 0.29) is 25.7 Å². The van der Waals surface area contributed by atoms with Gasteiger partial charge in [0.25, 0.3) is 0 Å². The van der Waals surface area contributed by atoms with Gasteiger partial charge in [0.1, 0.15) is 19.3 Å². The van der Waals surface area contributed by atoms with Crippen LogP contribution in [-0.4, -0.2) is 96.7 Å². The fourth-order valence-corrected chi connectivity index (χ4v) is 12.3. The van der Waals surface area contributed by atoms with E-state index in [1.165, 1.54) is 154 Å². The summed E-state index contributed by atoms with van der Waals surface area (Å²) in [6.45, 7) is 4.85. The van der Waals surface area contributed by atoms with Crippen molar-refractivity contribution in [2.45, 2.75) is 373 Å². The standard InChI is InChI=1S/C76H140O17P2/c1-5-9-13-17-21-25-29-32-35-38-41-45-49-53-57-61-74(79)87-67-72(93-76(81)63-59-55-51-47-43-39-36-33-30-26-22-18-14-10-6-2)69-91-95(84,85)89-65-70(77)64-88-94(82,83)90-68-71(66-86-73(78)60-56-52-48-44-40-28-24-20-16-12-8-4)92-75(80)62-58-54-50-46-42-37-34-31-27-23-19-15-11-7-3/h25-26,29-30,32-33,35-36,70-72,77H,5-24,27-28,31,34,37-69H2,1-4H3,(H,82,83)(H,84,85)/b29-25-,30-26-,35-32-,36-33-/t70-,71+,72+/m0/s1. The van der Waals surface area contributed by atoms with Crippen LogP contribution in [0.5, 0.6) is 0 Å². The van der Waals surface area contributed by atoms with Crippen molar-refractivity contribution in [2.75, 3.05) is 39.6 Å². The molecule has 0 saturated carbocycles. The lowest BCUT2D eigenvalue weighted by Crippen LogP contribution is -2.30. The summed E-state index contributed by atoms with van der Waals surface area (Å²) < 4.78 is 68.4. The second kappa shape index (κ2) is 69.5. The van der Waals surface area contributed by atoms with Gasteiger partial charge >= 0.3 is 39.5 Å². The summed E-state index contributed by atoms with van der Waals surface area (Å²) in [6.07, 6.45) is 65.2. The minimum absolute atomic E-state index is 0.0786. The molecular formula is C76H140O17P2. The average Bonchev–Trinajstić information content (AvgIpc) is 2.06. The quantitative estimate of drug-likeness (QED) is 0.0169. The molecule has 0 saturated heterocycles. The van der Waals surface area contributed by atoms with E-state index in [0.29, 0.717) is 25.7 Å². The van der Waals surface area contributed by atoms with Gasteiger partial charge in [-0.25, -0.2) is 9.13 Å². The van der Waals surface area contributed by atoms with Crippen LogP contribution in [0, 0.1) is 0 Å². The van der Waals surface area contributed by atoms with Crippen LogP contribution >= 0.6 is 15.6 Å². The molecule has 0 aromatic heterocycles. The molecule has 0 rings (SSSR count). The fourth-order valence-electron chi connectivity index (χ4n) is 10.7. The molecule has 0 fully saturated rings. The number of hydrogen-bond acceptors (Lipinski definition) is 15. The molecule has 0 aliphatic heterocycles. The van der Waals surface area contributed by atoms with Crippen molar-refractivity contribution in [3.63, 3.8) is 0 Å². The molecule has 0 heterocycles. The number of esters is 4. The van der Waals surface area contributed by atoms with Gasteiger partial charge in [-0.3, -0.25) is 37.3 Å². The number of phosphoric acid groups is 2. The Morgan fingerprint density at radius 2 is 0.505 bits per heavy atom. The summed E-state index contributed by atoms with van der Waals surface area (Å²) in [4.78, 5) is 72.8. The van der Waals surface area contributed by atoms with E-state index in [0.717, 1.165) is 122 Å². The molecule has 0 aliphatic carbocycles. The molecule has 556 valence electrons. The molecule has 5 atom stereocenters. The Morgan fingerprint density at radius 3 is 0.768 bits per heavy atom. The monoisotopic (exact) mass is 1390 g/mol. The highest BCUT2D eigenvalue weighted by Crippen LogP contribution is 2.45. The van der Waals surface area contributed by atoms with E-state index in [2.05, 4.69) is 76.3 Å². The fraction of sp³-hybridized carbons (Fsp3) is 0.842. The zero-order valence-corrected chi connectivity index (χ0v) is 62.4. The molecule has 2 unspecified atom stereocenters. The third-order valence-corrected chi connectivity index (χ3v) is 18.5. The number of ether oxygens (including phenoxy) is 4. The maximum absolute atomic E-state index is 13.1. The number of carbonyl (C=O) groups is 4. The largest absolute Gasteiger partial charge is 0.472 e. The minimum Gasteiger partial charge on any atom is -0.462 e. The van der Waals surface area contributed by atoms with Crippen molar-refractivity contribution < 1.29 is 80.2 Å². The van der Waals surface area contributed by atoms with E-state index in [9.17, 15) is 43.2 Å². The van der Waals surface area contributed by atoms with Crippen LogP contribution < -0.4 is 0 Å². The Hall–Kier alpha value is -2.98. The lowest BCUT2D eigenvalue weighted by atomic mass is 10.0. The Labute approximate surface area is 578 Å². The minimum atomic E-state index is -4.97. The summed E-state index contributed by atoms with van der Waals surface area (Å²) in [5.74, 6) is -2.17. The van der Waals surface area contributed by atoms with E-state index < -0.39 is 97.5 Å². The Morgan fingerprint density at radius 1 is 0.295 bits per heavy atom. The van der Waals surface area contributed by atoms with Gasteiger partial charge in [-0.1, -0.05) is 301 Å². The average molecular weight is 1390 g/mol. The molecule has 0 amide bonds. The Bertz CT molecular complexity index is 2000. The van der Waals surface area contributed by atoms with Crippen LogP contribution in [0.2, 0.25) is 0 Å². The molecule has 0 radical (unpaired) electrons. The van der Waals surface area contributed by atoms with Crippen LogP contribution in [0.3, 0.4) is 0 Å². The molecule has 0 bridgehead atoms. The van der Waals surface area contributed by atoms with Gasteiger partial charge < -0.3 is 33.8 Å². The van der Waals surface area contributed by atoms with E-state index in [1.54, 1.807) is 0 Å². The van der Waals surface area contributed by atoms with Gasteiger partial charge in [0.2, 0.25) is 0 Å². The number of carbonyl (C=O) groups excluding carboxylic acids is 4. The molecular weight excluding hydrogens is 1250 g/mol. The highest BCUT2D eigenvalue weighted by molar-refractivity contribution is 7.47. The van der Waals surface area contributed by atoms with Crippen LogP contribution in [0.25, 0.3) is 0 Å². The zero-order valence-electron chi connectivity index (χ0n) is 60.6. The number of phosphoric ester groups is 2. The summed E-state index contributed by atoms with van der Waals surface area (Å²) in [7, 11) is -9.93. The maximum atomic E-state index is 13.1. The third kappa shape index (κ3) is 69.3. The zero-order chi connectivity index (χ0) is 69.7. The number of unbranched alkanes of at least 4 members (excludes halogenated alkanes) is 41. The number of hydrogen-bond donors (Lipinski definition) is 3. The normalized spacial score (nSPS) is 14.2. The predicted octanol–water partition coefficient (Wildman–Crippen LogP) is 21.7.